The minimum absolute atomic E-state index is 0.574. The summed E-state index contributed by atoms with van der Waals surface area (Å²) in [5.41, 5.74) is 3.18. The highest BCUT2D eigenvalue weighted by molar-refractivity contribution is 5.77. The Labute approximate surface area is 97.1 Å². The van der Waals surface area contributed by atoms with Crippen LogP contribution >= 0.6 is 0 Å². The zero-order valence-corrected chi connectivity index (χ0v) is 9.21. The molecule has 0 unspecified atom stereocenters. The lowest BCUT2D eigenvalue weighted by molar-refractivity contribution is 0.112. The van der Waals surface area contributed by atoms with E-state index in [0.717, 1.165) is 23.0 Å². The number of benzene rings is 1. The second-order valence-corrected chi connectivity index (χ2v) is 3.79. The molecule has 3 rings (SSSR count). The molecule has 0 atom stereocenters. The highest BCUT2D eigenvalue weighted by Gasteiger charge is 2.10. The van der Waals surface area contributed by atoms with Crippen LogP contribution in [0.15, 0.2) is 30.5 Å². The minimum Gasteiger partial charge on any atom is -0.322 e. The molecule has 5 nitrogen and oxygen atoms in total. The van der Waals surface area contributed by atoms with E-state index in [1.165, 1.54) is 6.20 Å². The van der Waals surface area contributed by atoms with Crippen molar-refractivity contribution in [1.82, 2.24) is 19.7 Å². The molecule has 0 radical (unpaired) electrons. The number of imidazole rings is 1. The van der Waals surface area contributed by atoms with E-state index in [2.05, 4.69) is 15.1 Å². The Balaban J connectivity index is 2.20. The number of aromatic nitrogens is 4. The van der Waals surface area contributed by atoms with Gasteiger partial charge in [0.15, 0.2) is 6.29 Å². The molecular formula is C12H10N4O. The van der Waals surface area contributed by atoms with Crippen LogP contribution in [0.1, 0.15) is 16.1 Å². The van der Waals surface area contributed by atoms with Crippen LogP contribution in [0, 0.1) is 6.92 Å². The first-order valence-electron chi connectivity index (χ1n) is 5.24. The Bertz CT molecular complexity index is 662. The average Bonchev–Trinajstić information content (AvgIpc) is 2.91. The van der Waals surface area contributed by atoms with Crippen LogP contribution in [0.3, 0.4) is 0 Å². The highest BCUT2D eigenvalue weighted by Crippen LogP contribution is 2.15. The molecule has 2 heterocycles. The van der Waals surface area contributed by atoms with E-state index in [1.807, 2.05) is 31.2 Å². The summed E-state index contributed by atoms with van der Waals surface area (Å²) in [4.78, 5) is 18.3. The Morgan fingerprint density at radius 1 is 1.35 bits per heavy atom. The largest absolute Gasteiger partial charge is 0.322 e. The van der Waals surface area contributed by atoms with Crippen LogP contribution < -0.4 is 0 Å². The zero-order chi connectivity index (χ0) is 11.8. The molecule has 0 aliphatic heterocycles. The molecular weight excluding hydrogens is 216 g/mol. The fourth-order valence-corrected chi connectivity index (χ4v) is 1.79. The molecule has 3 aromatic rings. The normalized spacial score (nSPS) is 10.9. The number of aromatic amines is 1. The van der Waals surface area contributed by atoms with Crippen LogP contribution in [0.4, 0.5) is 0 Å². The predicted molar refractivity (Wildman–Crippen MR) is 63.3 cm³/mol. The topological polar surface area (TPSA) is 63.6 Å². The summed E-state index contributed by atoms with van der Waals surface area (Å²) in [5, 5.41) is 4.14. The monoisotopic (exact) mass is 226 g/mol. The highest BCUT2D eigenvalue weighted by atomic mass is 16.1. The number of nitrogens with zero attached hydrogens (tertiary/aromatic N) is 3. The summed E-state index contributed by atoms with van der Waals surface area (Å²) < 4.78 is 1.63. The number of nitrogens with one attached hydrogen (secondary N) is 1. The van der Waals surface area contributed by atoms with Gasteiger partial charge in [0.1, 0.15) is 0 Å². The maximum absolute atomic E-state index is 10.8. The van der Waals surface area contributed by atoms with Gasteiger partial charge in [-0.1, -0.05) is 12.1 Å². The van der Waals surface area contributed by atoms with Crippen molar-refractivity contribution in [3.8, 4) is 5.95 Å². The third-order valence-corrected chi connectivity index (χ3v) is 2.75. The van der Waals surface area contributed by atoms with Gasteiger partial charge in [0.25, 0.3) is 0 Å². The van der Waals surface area contributed by atoms with Crippen molar-refractivity contribution in [2.45, 2.75) is 6.92 Å². The first kappa shape index (κ1) is 9.77. The fourth-order valence-electron chi connectivity index (χ4n) is 1.79. The predicted octanol–water partition coefficient (Wildman–Crippen LogP) is 1.87. The molecule has 2 aromatic heterocycles. The van der Waals surface area contributed by atoms with Gasteiger partial charge in [0.2, 0.25) is 5.95 Å². The SMILES string of the molecule is Cc1c(C=O)cnn1-c1nc2ccccc2[nH]1. The number of rotatable bonds is 2. The van der Waals surface area contributed by atoms with Crippen LogP contribution in [0.2, 0.25) is 0 Å². The van der Waals surface area contributed by atoms with Gasteiger partial charge in [-0.05, 0) is 19.1 Å². The molecule has 0 saturated heterocycles. The second kappa shape index (κ2) is 3.55. The van der Waals surface area contributed by atoms with E-state index in [1.54, 1.807) is 4.68 Å². The maximum Gasteiger partial charge on any atom is 0.229 e. The standard InChI is InChI=1S/C12H10N4O/c1-8-9(7-17)6-13-16(8)12-14-10-4-2-3-5-11(10)15-12/h2-7H,1H3,(H,14,15). The molecule has 1 N–H and O–H groups in total. The Hall–Kier alpha value is -2.43. The number of fused-ring (bicyclic) bond motifs is 1. The molecule has 0 amide bonds. The van der Waals surface area contributed by atoms with E-state index < -0.39 is 0 Å². The van der Waals surface area contributed by atoms with Gasteiger partial charge < -0.3 is 4.98 Å². The Morgan fingerprint density at radius 3 is 2.88 bits per heavy atom. The van der Waals surface area contributed by atoms with Crippen LogP contribution in [-0.4, -0.2) is 26.0 Å². The average molecular weight is 226 g/mol. The number of carbonyl (C=O) groups excluding carboxylic acids is 1. The summed E-state index contributed by atoms with van der Waals surface area (Å²) >= 11 is 0. The molecule has 0 bridgehead atoms. The molecule has 84 valence electrons. The molecule has 0 fully saturated rings. The third kappa shape index (κ3) is 1.44. The molecule has 17 heavy (non-hydrogen) atoms. The van der Waals surface area contributed by atoms with E-state index in [0.29, 0.717) is 11.5 Å². The third-order valence-electron chi connectivity index (χ3n) is 2.75. The van der Waals surface area contributed by atoms with E-state index >= 15 is 0 Å². The van der Waals surface area contributed by atoms with Gasteiger partial charge >= 0.3 is 0 Å². The van der Waals surface area contributed by atoms with Gasteiger partial charge in [-0.3, -0.25) is 4.79 Å². The first-order valence-corrected chi connectivity index (χ1v) is 5.24. The quantitative estimate of drug-likeness (QED) is 0.678. The Morgan fingerprint density at radius 2 is 2.18 bits per heavy atom. The molecule has 0 saturated carbocycles. The Kier molecular flexibility index (Phi) is 2.04. The number of H-pyrrole nitrogens is 1. The van der Waals surface area contributed by atoms with E-state index in [4.69, 9.17) is 0 Å². The summed E-state index contributed by atoms with van der Waals surface area (Å²) in [5.74, 6) is 0.622. The lowest BCUT2D eigenvalue weighted by Gasteiger charge is -1.98. The van der Waals surface area contributed by atoms with Gasteiger partial charge in [0, 0.05) is 0 Å². The van der Waals surface area contributed by atoms with Crippen molar-refractivity contribution in [2.24, 2.45) is 0 Å². The molecule has 5 heteroatoms. The number of hydrogen-bond acceptors (Lipinski definition) is 3. The lowest BCUT2D eigenvalue weighted by Crippen LogP contribution is -2.01. The van der Waals surface area contributed by atoms with Crippen molar-refractivity contribution in [2.75, 3.05) is 0 Å². The summed E-state index contributed by atoms with van der Waals surface area (Å²) in [6.07, 6.45) is 2.33. The first-order chi connectivity index (χ1) is 8.29. The number of hydrogen-bond donors (Lipinski definition) is 1. The fraction of sp³-hybridized carbons (Fsp3) is 0.0833. The number of aldehydes is 1. The zero-order valence-electron chi connectivity index (χ0n) is 9.21. The molecule has 0 aliphatic rings. The summed E-state index contributed by atoms with van der Waals surface area (Å²) in [6, 6.07) is 7.75. The molecule has 1 aromatic carbocycles. The molecule has 0 aliphatic carbocycles. The van der Waals surface area contributed by atoms with Crippen molar-refractivity contribution >= 4 is 17.3 Å². The van der Waals surface area contributed by atoms with Gasteiger partial charge in [-0.15, -0.1) is 0 Å². The smallest absolute Gasteiger partial charge is 0.229 e. The second-order valence-electron chi connectivity index (χ2n) is 3.79. The molecule has 0 spiro atoms. The number of carbonyl (C=O) groups is 1. The van der Waals surface area contributed by atoms with Gasteiger partial charge in [-0.25, -0.2) is 9.67 Å². The lowest BCUT2D eigenvalue weighted by atomic mass is 10.3. The van der Waals surface area contributed by atoms with Crippen LogP contribution in [0.25, 0.3) is 17.0 Å². The van der Waals surface area contributed by atoms with Crippen molar-refractivity contribution in [1.29, 1.82) is 0 Å². The maximum atomic E-state index is 10.8. The minimum atomic E-state index is 0.574. The van der Waals surface area contributed by atoms with Crippen molar-refractivity contribution in [3.63, 3.8) is 0 Å². The summed E-state index contributed by atoms with van der Waals surface area (Å²) in [7, 11) is 0. The van der Waals surface area contributed by atoms with Gasteiger partial charge in [-0.2, -0.15) is 5.10 Å². The van der Waals surface area contributed by atoms with E-state index in [9.17, 15) is 4.79 Å². The number of para-hydroxylation sites is 2. The van der Waals surface area contributed by atoms with Crippen molar-refractivity contribution in [3.05, 3.63) is 41.7 Å². The van der Waals surface area contributed by atoms with Crippen LogP contribution in [0.5, 0.6) is 0 Å². The van der Waals surface area contributed by atoms with Gasteiger partial charge in [0.05, 0.1) is 28.5 Å². The summed E-state index contributed by atoms with van der Waals surface area (Å²) in [6.45, 7) is 1.84. The van der Waals surface area contributed by atoms with E-state index in [-0.39, 0.29) is 0 Å². The van der Waals surface area contributed by atoms with Crippen molar-refractivity contribution < 1.29 is 4.79 Å². The van der Waals surface area contributed by atoms with Crippen LogP contribution in [-0.2, 0) is 0 Å².